The predicted molar refractivity (Wildman–Crippen MR) is 66.9 cm³/mol. The summed E-state index contributed by atoms with van der Waals surface area (Å²) in [5, 5.41) is 0. The molecule has 1 aromatic rings. The quantitative estimate of drug-likeness (QED) is 0.607. The van der Waals surface area contributed by atoms with E-state index in [4.69, 9.17) is 10.5 Å². The first-order chi connectivity index (χ1) is 7.88. The number of hydrogen-bond donors (Lipinski definition) is 1. The van der Waals surface area contributed by atoms with Crippen LogP contribution in [0.25, 0.3) is 0 Å². The Bertz CT molecular complexity index is 362. The molecule has 16 heavy (non-hydrogen) atoms. The fourth-order valence-electron chi connectivity index (χ4n) is 1.34. The SMILES string of the molecule is CCCCOCc1ccccc1C#CCN. The highest BCUT2D eigenvalue weighted by molar-refractivity contribution is 5.41. The Morgan fingerprint density at radius 3 is 2.88 bits per heavy atom. The average molecular weight is 217 g/mol. The zero-order valence-corrected chi connectivity index (χ0v) is 9.83. The van der Waals surface area contributed by atoms with Crippen molar-refractivity contribution in [2.45, 2.75) is 26.4 Å². The van der Waals surface area contributed by atoms with Crippen LogP contribution in [0.2, 0.25) is 0 Å². The van der Waals surface area contributed by atoms with E-state index in [9.17, 15) is 0 Å². The molecule has 0 heterocycles. The monoisotopic (exact) mass is 217 g/mol. The van der Waals surface area contributed by atoms with Crippen LogP contribution in [0, 0.1) is 11.8 Å². The van der Waals surface area contributed by atoms with Crippen LogP contribution in [0.5, 0.6) is 0 Å². The standard InChI is InChI=1S/C14H19NO/c1-2-3-11-16-12-14-8-5-4-7-13(14)9-6-10-15/h4-5,7-8H,2-3,10-12,15H2,1H3. The summed E-state index contributed by atoms with van der Waals surface area (Å²) in [6.45, 7) is 4.00. The van der Waals surface area contributed by atoms with Crippen LogP contribution in [0.1, 0.15) is 30.9 Å². The summed E-state index contributed by atoms with van der Waals surface area (Å²) >= 11 is 0. The minimum Gasteiger partial charge on any atom is -0.377 e. The van der Waals surface area contributed by atoms with Gasteiger partial charge < -0.3 is 10.5 Å². The first kappa shape index (κ1) is 12.8. The van der Waals surface area contributed by atoms with E-state index in [1.54, 1.807) is 0 Å². The maximum Gasteiger partial charge on any atom is 0.0728 e. The fourth-order valence-corrected chi connectivity index (χ4v) is 1.34. The summed E-state index contributed by atoms with van der Waals surface area (Å²) < 4.78 is 5.58. The van der Waals surface area contributed by atoms with E-state index in [1.165, 1.54) is 0 Å². The molecule has 0 aliphatic carbocycles. The highest BCUT2D eigenvalue weighted by Gasteiger charge is 1.98. The van der Waals surface area contributed by atoms with Gasteiger partial charge in [-0.2, -0.15) is 0 Å². The highest BCUT2D eigenvalue weighted by Crippen LogP contribution is 2.09. The summed E-state index contributed by atoms with van der Waals surface area (Å²) in [5.41, 5.74) is 7.52. The van der Waals surface area contributed by atoms with Crippen LogP contribution in [-0.2, 0) is 11.3 Å². The Labute approximate surface area is 97.8 Å². The molecule has 0 aliphatic heterocycles. The molecule has 86 valence electrons. The van der Waals surface area contributed by atoms with E-state index in [-0.39, 0.29) is 0 Å². The second-order valence-electron chi connectivity index (χ2n) is 3.57. The molecular formula is C14H19NO. The van der Waals surface area contributed by atoms with Gasteiger partial charge in [0.05, 0.1) is 13.2 Å². The molecule has 0 aliphatic rings. The molecule has 0 saturated heterocycles. The van der Waals surface area contributed by atoms with Crippen LogP contribution in [-0.4, -0.2) is 13.2 Å². The van der Waals surface area contributed by atoms with Gasteiger partial charge in [-0.1, -0.05) is 43.4 Å². The summed E-state index contributed by atoms with van der Waals surface area (Å²) in [6.07, 6.45) is 2.27. The van der Waals surface area contributed by atoms with Crippen molar-refractivity contribution < 1.29 is 4.74 Å². The molecule has 2 N–H and O–H groups in total. The van der Waals surface area contributed by atoms with E-state index in [0.29, 0.717) is 13.2 Å². The number of nitrogens with two attached hydrogens (primary N) is 1. The van der Waals surface area contributed by atoms with Crippen molar-refractivity contribution in [1.82, 2.24) is 0 Å². The van der Waals surface area contributed by atoms with E-state index >= 15 is 0 Å². The van der Waals surface area contributed by atoms with Crippen LogP contribution in [0.3, 0.4) is 0 Å². The lowest BCUT2D eigenvalue weighted by Gasteiger charge is -2.05. The summed E-state index contributed by atoms with van der Waals surface area (Å²) in [7, 11) is 0. The largest absolute Gasteiger partial charge is 0.377 e. The number of unbranched alkanes of at least 4 members (excludes halogenated alkanes) is 1. The minimum atomic E-state index is 0.394. The first-order valence-corrected chi connectivity index (χ1v) is 5.73. The molecule has 0 fully saturated rings. The first-order valence-electron chi connectivity index (χ1n) is 5.73. The lowest BCUT2D eigenvalue weighted by atomic mass is 10.1. The molecule has 0 aromatic heterocycles. The number of hydrogen-bond acceptors (Lipinski definition) is 2. The zero-order valence-electron chi connectivity index (χ0n) is 9.83. The lowest BCUT2D eigenvalue weighted by Crippen LogP contribution is -1.98. The van der Waals surface area contributed by atoms with Gasteiger partial charge in [0.25, 0.3) is 0 Å². The third-order valence-electron chi connectivity index (χ3n) is 2.24. The molecule has 0 saturated carbocycles. The van der Waals surface area contributed by atoms with Gasteiger partial charge in [0.15, 0.2) is 0 Å². The van der Waals surface area contributed by atoms with Crippen molar-refractivity contribution in [3.8, 4) is 11.8 Å². The van der Waals surface area contributed by atoms with Gasteiger partial charge in [0, 0.05) is 12.2 Å². The molecule has 0 spiro atoms. The number of benzene rings is 1. The van der Waals surface area contributed by atoms with Crippen molar-refractivity contribution in [3.63, 3.8) is 0 Å². The van der Waals surface area contributed by atoms with Gasteiger partial charge in [0.2, 0.25) is 0 Å². The summed E-state index contributed by atoms with van der Waals surface area (Å²) in [4.78, 5) is 0. The Morgan fingerprint density at radius 2 is 2.12 bits per heavy atom. The van der Waals surface area contributed by atoms with Crippen LogP contribution in [0.4, 0.5) is 0 Å². The molecular weight excluding hydrogens is 198 g/mol. The molecule has 0 bridgehead atoms. The molecule has 0 atom stereocenters. The summed E-state index contributed by atoms with van der Waals surface area (Å²) in [5.74, 6) is 5.93. The molecule has 1 aromatic carbocycles. The Morgan fingerprint density at radius 1 is 1.31 bits per heavy atom. The second-order valence-corrected chi connectivity index (χ2v) is 3.57. The average Bonchev–Trinajstić information content (AvgIpc) is 2.33. The van der Waals surface area contributed by atoms with E-state index in [0.717, 1.165) is 30.6 Å². The van der Waals surface area contributed by atoms with E-state index in [2.05, 4.69) is 18.8 Å². The molecule has 2 heteroatoms. The van der Waals surface area contributed by atoms with Gasteiger partial charge in [-0.05, 0) is 18.1 Å². The Balaban J connectivity index is 2.57. The molecule has 0 radical (unpaired) electrons. The summed E-state index contributed by atoms with van der Waals surface area (Å²) in [6, 6.07) is 8.04. The van der Waals surface area contributed by atoms with Crippen molar-refractivity contribution in [2.24, 2.45) is 5.73 Å². The highest BCUT2D eigenvalue weighted by atomic mass is 16.5. The minimum absolute atomic E-state index is 0.394. The third-order valence-corrected chi connectivity index (χ3v) is 2.24. The third kappa shape index (κ3) is 4.48. The molecule has 0 unspecified atom stereocenters. The maximum atomic E-state index is 5.58. The van der Waals surface area contributed by atoms with Crippen LogP contribution >= 0.6 is 0 Å². The second kappa shape index (κ2) is 7.92. The molecule has 1 rings (SSSR count). The maximum absolute atomic E-state index is 5.58. The van der Waals surface area contributed by atoms with Gasteiger partial charge in [0.1, 0.15) is 0 Å². The predicted octanol–water partition coefficient (Wildman–Crippen LogP) is 2.31. The van der Waals surface area contributed by atoms with Crippen molar-refractivity contribution in [2.75, 3.05) is 13.2 Å². The van der Waals surface area contributed by atoms with E-state index in [1.807, 2.05) is 24.3 Å². The van der Waals surface area contributed by atoms with Crippen LogP contribution in [0.15, 0.2) is 24.3 Å². The van der Waals surface area contributed by atoms with E-state index < -0.39 is 0 Å². The number of rotatable bonds is 5. The van der Waals surface area contributed by atoms with Gasteiger partial charge >= 0.3 is 0 Å². The van der Waals surface area contributed by atoms with Crippen molar-refractivity contribution >= 4 is 0 Å². The van der Waals surface area contributed by atoms with Crippen molar-refractivity contribution in [1.29, 1.82) is 0 Å². The zero-order chi connectivity index (χ0) is 11.6. The lowest BCUT2D eigenvalue weighted by molar-refractivity contribution is 0.118. The molecule has 0 amide bonds. The number of ether oxygens (including phenoxy) is 1. The normalized spacial score (nSPS) is 9.62. The Hall–Kier alpha value is -1.30. The molecule has 2 nitrogen and oxygen atoms in total. The van der Waals surface area contributed by atoms with Gasteiger partial charge in [-0.25, -0.2) is 0 Å². The Kier molecular flexibility index (Phi) is 6.32. The van der Waals surface area contributed by atoms with Crippen molar-refractivity contribution in [3.05, 3.63) is 35.4 Å². The van der Waals surface area contributed by atoms with Gasteiger partial charge in [-0.3, -0.25) is 0 Å². The topological polar surface area (TPSA) is 35.2 Å². The fraction of sp³-hybridized carbons (Fsp3) is 0.429. The van der Waals surface area contributed by atoms with Gasteiger partial charge in [-0.15, -0.1) is 0 Å². The smallest absolute Gasteiger partial charge is 0.0728 e. The van der Waals surface area contributed by atoms with Crippen LogP contribution < -0.4 is 5.73 Å².